The van der Waals surface area contributed by atoms with Crippen molar-refractivity contribution in [2.24, 2.45) is 5.92 Å². The minimum absolute atomic E-state index is 0.238. The van der Waals surface area contributed by atoms with Gasteiger partial charge < -0.3 is 20.9 Å². The first-order chi connectivity index (χ1) is 8.26. The van der Waals surface area contributed by atoms with Crippen molar-refractivity contribution in [3.8, 4) is 5.75 Å². The molecular formula is C13H20N2O2. The largest absolute Gasteiger partial charge is 0.495 e. The van der Waals surface area contributed by atoms with Gasteiger partial charge in [-0.15, -0.1) is 0 Å². The van der Waals surface area contributed by atoms with E-state index in [1.165, 1.54) is 0 Å². The lowest BCUT2D eigenvalue weighted by Gasteiger charge is -2.22. The first kappa shape index (κ1) is 12.0. The van der Waals surface area contributed by atoms with E-state index in [9.17, 15) is 5.11 Å². The molecule has 0 amide bonds. The Morgan fingerprint density at radius 3 is 3.00 bits per heavy atom. The highest BCUT2D eigenvalue weighted by Crippen LogP contribution is 2.33. The summed E-state index contributed by atoms with van der Waals surface area (Å²) in [6.07, 6.45) is 3.33. The minimum Gasteiger partial charge on any atom is -0.495 e. The van der Waals surface area contributed by atoms with Crippen LogP contribution in [0.4, 0.5) is 11.4 Å². The van der Waals surface area contributed by atoms with Crippen LogP contribution in [0.3, 0.4) is 0 Å². The van der Waals surface area contributed by atoms with Crippen LogP contribution >= 0.6 is 0 Å². The van der Waals surface area contributed by atoms with Crippen molar-refractivity contribution in [3.05, 3.63) is 18.2 Å². The van der Waals surface area contributed by atoms with Crippen molar-refractivity contribution in [1.29, 1.82) is 0 Å². The number of methoxy groups -OCH3 is 1. The van der Waals surface area contributed by atoms with E-state index in [-0.39, 0.29) is 6.61 Å². The van der Waals surface area contributed by atoms with Crippen LogP contribution in [0.1, 0.15) is 19.3 Å². The number of para-hydroxylation sites is 1. The van der Waals surface area contributed by atoms with E-state index < -0.39 is 0 Å². The van der Waals surface area contributed by atoms with Gasteiger partial charge in [0.25, 0.3) is 0 Å². The van der Waals surface area contributed by atoms with E-state index in [2.05, 4.69) is 5.32 Å². The van der Waals surface area contributed by atoms with E-state index >= 15 is 0 Å². The lowest BCUT2D eigenvalue weighted by atomic mass is 10.0. The highest BCUT2D eigenvalue weighted by atomic mass is 16.5. The molecule has 2 unspecified atom stereocenters. The molecule has 17 heavy (non-hydrogen) atoms. The third-order valence-corrected chi connectivity index (χ3v) is 3.52. The Morgan fingerprint density at radius 1 is 1.47 bits per heavy atom. The molecule has 0 aromatic heterocycles. The molecule has 0 aliphatic heterocycles. The summed E-state index contributed by atoms with van der Waals surface area (Å²) in [5.74, 6) is 1.02. The molecule has 4 heteroatoms. The van der Waals surface area contributed by atoms with E-state index in [0.29, 0.717) is 23.4 Å². The van der Waals surface area contributed by atoms with Crippen molar-refractivity contribution < 1.29 is 9.84 Å². The predicted molar refractivity (Wildman–Crippen MR) is 69.2 cm³/mol. The maximum absolute atomic E-state index is 9.29. The molecule has 1 saturated carbocycles. The van der Waals surface area contributed by atoms with Gasteiger partial charge in [0.05, 0.1) is 18.5 Å². The average molecular weight is 236 g/mol. The van der Waals surface area contributed by atoms with Gasteiger partial charge in [0.15, 0.2) is 0 Å². The minimum atomic E-state index is 0.238. The van der Waals surface area contributed by atoms with Crippen molar-refractivity contribution in [2.75, 3.05) is 24.8 Å². The second kappa shape index (κ2) is 5.27. The number of aliphatic hydroxyl groups is 1. The number of anilines is 2. The van der Waals surface area contributed by atoms with Crippen molar-refractivity contribution >= 4 is 11.4 Å². The van der Waals surface area contributed by atoms with Crippen molar-refractivity contribution in [3.63, 3.8) is 0 Å². The normalized spacial score (nSPS) is 23.6. The molecule has 0 radical (unpaired) electrons. The highest BCUT2D eigenvalue weighted by molar-refractivity contribution is 5.73. The summed E-state index contributed by atoms with van der Waals surface area (Å²) >= 11 is 0. The number of hydrogen-bond donors (Lipinski definition) is 3. The fourth-order valence-electron chi connectivity index (χ4n) is 2.49. The van der Waals surface area contributed by atoms with Crippen molar-refractivity contribution in [2.45, 2.75) is 25.3 Å². The Labute approximate surface area is 102 Å². The SMILES string of the molecule is COc1cccc(NC2CCCC2CO)c1N. The molecule has 94 valence electrons. The second-order valence-corrected chi connectivity index (χ2v) is 4.55. The maximum atomic E-state index is 9.29. The van der Waals surface area contributed by atoms with Gasteiger partial charge in [-0.2, -0.15) is 0 Å². The summed E-state index contributed by atoms with van der Waals surface area (Å²) in [6.45, 7) is 0.238. The zero-order valence-corrected chi connectivity index (χ0v) is 10.1. The summed E-state index contributed by atoms with van der Waals surface area (Å²) in [5.41, 5.74) is 7.54. The lowest BCUT2D eigenvalue weighted by Crippen LogP contribution is -2.26. The van der Waals surface area contributed by atoms with Gasteiger partial charge in [-0.25, -0.2) is 0 Å². The van der Waals surface area contributed by atoms with Gasteiger partial charge in [0.1, 0.15) is 5.75 Å². The van der Waals surface area contributed by atoms with Gasteiger partial charge in [-0.1, -0.05) is 12.5 Å². The Morgan fingerprint density at radius 2 is 2.29 bits per heavy atom. The second-order valence-electron chi connectivity index (χ2n) is 4.55. The quantitative estimate of drug-likeness (QED) is 0.698. The fourth-order valence-corrected chi connectivity index (χ4v) is 2.49. The van der Waals surface area contributed by atoms with Crippen LogP contribution in [0.5, 0.6) is 5.75 Å². The standard InChI is InChI=1S/C13H20N2O2/c1-17-12-7-3-6-11(13(12)14)15-10-5-2-4-9(10)8-16/h3,6-7,9-10,15-16H,2,4-5,8,14H2,1H3. The summed E-state index contributed by atoms with van der Waals surface area (Å²) < 4.78 is 5.19. The van der Waals surface area contributed by atoms with Crippen LogP contribution in [-0.4, -0.2) is 24.9 Å². The number of nitrogens with one attached hydrogen (secondary N) is 1. The molecule has 1 fully saturated rings. The predicted octanol–water partition coefficient (Wildman–Crippen LogP) is 1.85. The molecule has 0 spiro atoms. The molecule has 1 aliphatic carbocycles. The Hall–Kier alpha value is -1.42. The van der Waals surface area contributed by atoms with Crippen molar-refractivity contribution in [1.82, 2.24) is 0 Å². The molecule has 1 aliphatic rings. The topological polar surface area (TPSA) is 67.5 Å². The van der Waals surface area contributed by atoms with Crippen LogP contribution in [0.2, 0.25) is 0 Å². The van der Waals surface area contributed by atoms with Crippen LogP contribution in [-0.2, 0) is 0 Å². The zero-order valence-electron chi connectivity index (χ0n) is 10.1. The van der Waals surface area contributed by atoms with Crippen LogP contribution < -0.4 is 15.8 Å². The molecule has 0 bridgehead atoms. The van der Waals surface area contributed by atoms with Gasteiger partial charge >= 0.3 is 0 Å². The molecule has 2 rings (SSSR count). The molecule has 1 aromatic rings. The molecule has 4 nitrogen and oxygen atoms in total. The van der Waals surface area contributed by atoms with E-state index in [4.69, 9.17) is 10.5 Å². The summed E-state index contributed by atoms with van der Waals surface area (Å²) in [4.78, 5) is 0. The van der Waals surface area contributed by atoms with Gasteiger partial charge in [0, 0.05) is 18.6 Å². The number of rotatable bonds is 4. The van der Waals surface area contributed by atoms with E-state index in [0.717, 1.165) is 24.9 Å². The third-order valence-electron chi connectivity index (χ3n) is 3.52. The Balaban J connectivity index is 2.13. The maximum Gasteiger partial charge on any atom is 0.143 e. The first-order valence-electron chi connectivity index (χ1n) is 6.06. The number of nitrogens with two attached hydrogens (primary N) is 1. The van der Waals surface area contributed by atoms with Crippen LogP contribution in [0.25, 0.3) is 0 Å². The van der Waals surface area contributed by atoms with E-state index in [1.54, 1.807) is 7.11 Å². The monoisotopic (exact) mass is 236 g/mol. The Kier molecular flexibility index (Phi) is 3.74. The van der Waals surface area contributed by atoms with Crippen LogP contribution in [0, 0.1) is 5.92 Å². The lowest BCUT2D eigenvalue weighted by molar-refractivity contribution is 0.222. The first-order valence-corrected chi connectivity index (χ1v) is 6.06. The van der Waals surface area contributed by atoms with Gasteiger partial charge in [-0.3, -0.25) is 0 Å². The number of ether oxygens (including phenoxy) is 1. The van der Waals surface area contributed by atoms with Gasteiger partial charge in [0.2, 0.25) is 0 Å². The summed E-state index contributed by atoms with van der Waals surface area (Å²) in [5, 5.41) is 12.7. The average Bonchev–Trinajstić information content (AvgIpc) is 2.79. The number of hydrogen-bond acceptors (Lipinski definition) is 4. The molecular weight excluding hydrogens is 216 g/mol. The zero-order chi connectivity index (χ0) is 12.3. The number of nitrogen functional groups attached to an aromatic ring is 1. The molecule has 1 aromatic carbocycles. The summed E-state index contributed by atoms with van der Waals surface area (Å²) in [6, 6.07) is 6.03. The summed E-state index contributed by atoms with van der Waals surface area (Å²) in [7, 11) is 1.61. The smallest absolute Gasteiger partial charge is 0.143 e. The molecule has 2 atom stereocenters. The molecule has 0 saturated heterocycles. The third kappa shape index (κ3) is 2.47. The Bertz CT molecular complexity index is 382. The highest BCUT2D eigenvalue weighted by Gasteiger charge is 2.26. The van der Waals surface area contributed by atoms with Gasteiger partial charge in [-0.05, 0) is 25.0 Å². The fraction of sp³-hybridized carbons (Fsp3) is 0.538. The molecule has 0 heterocycles. The number of benzene rings is 1. The van der Waals surface area contributed by atoms with Crippen LogP contribution in [0.15, 0.2) is 18.2 Å². The number of aliphatic hydroxyl groups excluding tert-OH is 1. The van der Waals surface area contributed by atoms with E-state index in [1.807, 2.05) is 18.2 Å². The molecule has 4 N–H and O–H groups in total.